The van der Waals surface area contributed by atoms with Crippen LogP contribution in [-0.4, -0.2) is 186 Å². The van der Waals surface area contributed by atoms with Crippen molar-refractivity contribution >= 4 is 49.9 Å². The number of nitrogens with zero attached hydrogens (tertiary/aromatic N) is 7. The molecule has 5 aromatic rings. The first-order valence-electron chi connectivity index (χ1n) is 35.7. The van der Waals surface area contributed by atoms with Crippen LogP contribution < -0.4 is 30.8 Å². The van der Waals surface area contributed by atoms with Crippen molar-refractivity contribution < 1.29 is 119 Å². The summed E-state index contributed by atoms with van der Waals surface area (Å²) < 4.78 is 215. The summed E-state index contributed by atoms with van der Waals surface area (Å²) in [4.78, 5) is 97.8. The highest BCUT2D eigenvalue weighted by Crippen LogP contribution is 2.57. The average molecular weight is 1630 g/mol. The van der Waals surface area contributed by atoms with Crippen molar-refractivity contribution in [3.05, 3.63) is 124 Å². The summed E-state index contributed by atoms with van der Waals surface area (Å²) in [7, 11) is -2.98. The van der Waals surface area contributed by atoms with E-state index in [2.05, 4.69) is 56.9 Å². The molecule has 3 aliphatic rings. The average Bonchev–Trinajstić information content (AvgIpc) is 1.64. The van der Waals surface area contributed by atoms with Crippen LogP contribution in [0.2, 0.25) is 0 Å². The molecule has 8 rings (SSSR count). The van der Waals surface area contributed by atoms with E-state index in [1.165, 1.54) is 24.3 Å². The van der Waals surface area contributed by atoms with E-state index in [4.69, 9.17) is 32.5 Å². The van der Waals surface area contributed by atoms with Gasteiger partial charge in [0.1, 0.15) is 35.6 Å². The minimum absolute atomic E-state index is 0.00485. The Balaban J connectivity index is 1.19. The molecule has 3 aliphatic heterocycles. The first-order chi connectivity index (χ1) is 52.4. The Bertz CT molecular complexity index is 4290. The van der Waals surface area contributed by atoms with Crippen LogP contribution in [-0.2, 0) is 74.8 Å². The van der Waals surface area contributed by atoms with E-state index in [1.807, 2.05) is 5.32 Å². The van der Waals surface area contributed by atoms with Gasteiger partial charge in [-0.3, -0.25) is 33.8 Å². The summed E-state index contributed by atoms with van der Waals surface area (Å²) in [5.41, 5.74) is -7.50. The molecular formula is C75H94F10N11O16P. The van der Waals surface area contributed by atoms with E-state index < -0.39 is 176 Å². The van der Waals surface area contributed by atoms with Crippen LogP contribution >= 0.6 is 7.82 Å². The molecule has 3 aromatic carbocycles. The summed E-state index contributed by atoms with van der Waals surface area (Å²) in [5.74, 6) is -1.24. The molecule has 38 heteroatoms. The largest absolute Gasteiger partial charge is 0.531 e. The lowest BCUT2D eigenvalue weighted by Crippen LogP contribution is -2.64. The number of carbonyl (C=O) groups is 6. The van der Waals surface area contributed by atoms with Gasteiger partial charge in [-0.1, -0.05) is 43.9 Å². The molecular weight excluding hydrogens is 1530 g/mol. The highest BCUT2D eigenvalue weighted by atomic mass is 31.2. The Kier molecular flexibility index (Phi) is 28.1. The fourth-order valence-corrected chi connectivity index (χ4v) is 15.0. The number of benzene rings is 3. The second kappa shape index (κ2) is 35.6. The van der Waals surface area contributed by atoms with Gasteiger partial charge in [-0.05, 0) is 155 Å². The number of rotatable bonds is 29. The molecule has 5 heterocycles. The summed E-state index contributed by atoms with van der Waals surface area (Å²) in [6, 6.07) is 4.74. The second-order valence-corrected chi connectivity index (χ2v) is 32.9. The molecule has 0 spiro atoms. The van der Waals surface area contributed by atoms with Gasteiger partial charge in [-0.2, -0.15) is 40.2 Å². The van der Waals surface area contributed by atoms with Crippen molar-refractivity contribution in [2.75, 3.05) is 58.8 Å². The van der Waals surface area contributed by atoms with Gasteiger partial charge in [0, 0.05) is 78.0 Å². The molecule has 3 saturated heterocycles. The lowest BCUT2D eigenvalue weighted by atomic mass is 9.78. The molecule has 0 aliphatic carbocycles. The molecule has 27 nitrogen and oxygen atoms in total. The van der Waals surface area contributed by atoms with Gasteiger partial charge in [0.2, 0.25) is 18.6 Å². The van der Waals surface area contributed by atoms with Crippen molar-refractivity contribution in [3.63, 3.8) is 0 Å². The molecule has 113 heavy (non-hydrogen) atoms. The number of ether oxygens (including phenoxy) is 6. The Morgan fingerprint density at radius 2 is 1.24 bits per heavy atom. The lowest BCUT2D eigenvalue weighted by Gasteiger charge is -2.47. The number of alkyl carbamates (subject to hydrolysis) is 2. The van der Waals surface area contributed by atoms with Crippen molar-refractivity contribution in [3.8, 4) is 28.8 Å². The van der Waals surface area contributed by atoms with Gasteiger partial charge >= 0.3 is 51.0 Å². The zero-order chi connectivity index (χ0) is 83.9. The number of carbonyl (C=O) groups excluding carboxylic acids is 6. The van der Waals surface area contributed by atoms with Crippen LogP contribution in [0.15, 0.2) is 73.2 Å². The van der Waals surface area contributed by atoms with Crippen LogP contribution in [0, 0.1) is 48.2 Å². The highest BCUT2D eigenvalue weighted by molar-refractivity contribution is 7.49. The second-order valence-electron chi connectivity index (χ2n) is 31.4. The fourth-order valence-electron chi connectivity index (χ4n) is 13.2. The van der Waals surface area contributed by atoms with E-state index in [-0.39, 0.29) is 16.0 Å². The van der Waals surface area contributed by atoms with Crippen LogP contribution in [0.3, 0.4) is 0 Å². The predicted octanol–water partition coefficient (Wildman–Crippen LogP) is 12.8. The van der Waals surface area contributed by atoms with Gasteiger partial charge in [-0.15, -0.1) is 0 Å². The number of aryl methyl sites for hydroxylation is 2. The van der Waals surface area contributed by atoms with Gasteiger partial charge in [-0.25, -0.2) is 47.4 Å². The van der Waals surface area contributed by atoms with Crippen molar-refractivity contribution in [1.29, 1.82) is 0 Å². The van der Waals surface area contributed by atoms with Gasteiger partial charge in [0.05, 0.1) is 85.8 Å². The van der Waals surface area contributed by atoms with Gasteiger partial charge < -0.3 is 53.8 Å². The summed E-state index contributed by atoms with van der Waals surface area (Å²) in [6.07, 6.45) is -13.4. The number of fused-ring (bicyclic) bond motifs is 2. The number of halogens is 10. The van der Waals surface area contributed by atoms with E-state index in [0.717, 1.165) is 52.4 Å². The number of phosphoric ester groups is 1. The minimum atomic E-state index is -5.37. The third kappa shape index (κ3) is 23.2. The van der Waals surface area contributed by atoms with Crippen LogP contribution in [0.1, 0.15) is 148 Å². The monoisotopic (exact) mass is 1630 g/mol. The smallest absolute Gasteiger partial charge is 0.453 e. The first kappa shape index (κ1) is 89.2. The first-order valence-corrected chi connectivity index (χ1v) is 37.2. The molecule has 3 fully saturated rings. The van der Waals surface area contributed by atoms with Gasteiger partial charge in [0.15, 0.2) is 0 Å². The van der Waals surface area contributed by atoms with Crippen LogP contribution in [0.4, 0.5) is 64.2 Å². The maximum atomic E-state index is 16.8. The third-order valence-corrected chi connectivity index (χ3v) is 20.9. The number of amides is 4. The number of hydrogen-bond donors (Lipinski definition) is 4. The topological polar surface area (TPSA) is 304 Å². The Hall–Kier alpha value is -9.34. The van der Waals surface area contributed by atoms with E-state index in [0.29, 0.717) is 110 Å². The molecule has 2 aromatic heterocycles. The number of hydrazine groups is 1. The minimum Gasteiger partial charge on any atom is -0.453 e. The normalized spacial score (nSPS) is 17.0. The van der Waals surface area contributed by atoms with Crippen molar-refractivity contribution in [2.24, 2.45) is 10.8 Å². The number of esters is 1. The van der Waals surface area contributed by atoms with E-state index in [9.17, 15) is 42.1 Å². The number of phosphoric acid groups is 1. The quantitative estimate of drug-likeness (QED) is 0.00657. The number of nitrogens with one attached hydrogen (secondary N) is 4. The number of aromatic nitrogens is 4. The highest BCUT2D eigenvalue weighted by Gasteiger charge is 2.58. The molecule has 0 radical (unpaired) electrons. The van der Waals surface area contributed by atoms with Crippen molar-refractivity contribution in [2.45, 2.75) is 207 Å². The number of piperazine rings is 1. The Morgan fingerprint density at radius 1 is 0.699 bits per heavy atom. The molecule has 620 valence electrons. The molecule has 4 N–H and O–H groups in total. The predicted molar refractivity (Wildman–Crippen MR) is 387 cm³/mol. The number of anilines is 1. The maximum absolute atomic E-state index is 16.8. The molecule has 4 amide bonds. The maximum Gasteiger partial charge on any atom is 0.531 e. The standard InChI is InChI=1S/C75H94F10N11O16P/c1-42-27-43(2)59(56(28-42)110-113(103,111-69(3,4)5)112-70(6,7)8)71(9,10)32-58(97)107-41-108-68(102)109-57(38-94(92-63(99)61(90-67(101)105-16)73(13,14)75(83,84)85)37-51-52(76)30-47(31-53(51)77)54-25-26-95(91-54)64(78)79)55(88-62(98)60(89-66(100)104-15)72(11,12)74(80,81)82)29-45-20-17-44(18-21-45)19-22-46-33-86-65(87-34-46)93-35-48-23-24-49(36-93)96(48)50-39-106-40-50/h17-18,20-21,25-28,30-31,33-34,48-50,55,57,60-61,64H,23-24,29,32,35-41H2,1-16H3,(H,88,98)(H,89,100)(H,90,101)(H,92,99)/t48?,49?,55-,57-,60+,61+/m0/s1. The van der Waals surface area contributed by atoms with Crippen LogP contribution in [0.25, 0.3) is 11.3 Å². The molecule has 0 saturated carbocycles. The molecule has 2 bridgehead atoms. The molecule has 2 unspecified atom stereocenters. The molecule has 6 atom stereocenters. The lowest BCUT2D eigenvalue weighted by molar-refractivity contribution is -0.221. The third-order valence-electron chi connectivity index (χ3n) is 19.0. The number of methoxy groups -OCH3 is 2. The summed E-state index contributed by atoms with van der Waals surface area (Å²) in [6.45, 7) is 14.0. The summed E-state index contributed by atoms with van der Waals surface area (Å²) in [5, 5.41) is 10.0. The Morgan fingerprint density at radius 3 is 1.73 bits per heavy atom. The zero-order valence-corrected chi connectivity index (χ0v) is 66.1. The Labute approximate surface area is 647 Å². The number of alkyl halides is 8. The van der Waals surface area contributed by atoms with E-state index >= 15 is 35.1 Å². The van der Waals surface area contributed by atoms with Crippen molar-refractivity contribution in [1.82, 2.24) is 51.0 Å². The SMILES string of the molecule is COC(=O)N[C@H](C(=O)N[C@@H](Cc1ccc(C#Cc2cnc(N3CC4CCC(C3)N4C3COC3)nc2)cc1)[C@H](CN(Cc1c(F)cc(-c2ccn(C(F)F)n2)cc1F)NC(=O)[C@@H](NC(=O)OC)C(C)(C)C(F)(F)F)OC(=O)OCOC(=O)CC(C)(C)c1c(C)cc(C)cc1OP(=O)(OC(C)(C)C)OC(C)(C)C)C(C)(C)C(F)(F)F. The summed E-state index contributed by atoms with van der Waals surface area (Å²) >= 11 is 0. The van der Waals surface area contributed by atoms with E-state index in [1.54, 1.807) is 99.1 Å². The fraction of sp³-hybridized carbons (Fsp3) is 0.560. The number of hydrogen-bond acceptors (Lipinski definition) is 22. The van der Waals surface area contributed by atoms with Gasteiger partial charge in [0.25, 0.3) is 5.91 Å². The zero-order valence-electron chi connectivity index (χ0n) is 65.2. The van der Waals surface area contributed by atoms with Crippen LogP contribution in [0.5, 0.6) is 5.75 Å².